The number of hydrogen-bond donors (Lipinski definition) is 1. The van der Waals surface area contributed by atoms with E-state index in [1.807, 2.05) is 41.1 Å². The fourth-order valence-corrected chi connectivity index (χ4v) is 2.37. The van der Waals surface area contributed by atoms with Gasteiger partial charge >= 0.3 is 0 Å². The minimum Gasteiger partial charge on any atom is -0.481 e. The van der Waals surface area contributed by atoms with Gasteiger partial charge in [-0.25, -0.2) is 9.37 Å². The quantitative estimate of drug-likeness (QED) is 0.720. The highest BCUT2D eigenvalue weighted by molar-refractivity contribution is 5.77. The third-order valence-corrected chi connectivity index (χ3v) is 3.64. The number of ether oxygens (including phenoxy) is 1. The van der Waals surface area contributed by atoms with Crippen molar-refractivity contribution in [1.82, 2.24) is 14.9 Å². The fourth-order valence-electron chi connectivity index (χ4n) is 2.37. The van der Waals surface area contributed by atoms with E-state index in [1.165, 1.54) is 12.1 Å². The first-order valence-electron chi connectivity index (χ1n) is 7.90. The van der Waals surface area contributed by atoms with Crippen LogP contribution in [-0.2, 0) is 17.9 Å². The van der Waals surface area contributed by atoms with Gasteiger partial charge in [-0.3, -0.25) is 4.79 Å². The molecular formula is C19H18FN3O2. The molecule has 2 aromatic carbocycles. The topological polar surface area (TPSA) is 56.1 Å². The average Bonchev–Trinajstić information content (AvgIpc) is 3.07. The van der Waals surface area contributed by atoms with Crippen molar-refractivity contribution in [3.63, 3.8) is 0 Å². The highest BCUT2D eigenvalue weighted by atomic mass is 19.1. The minimum absolute atomic E-state index is 0.0585. The Bertz CT molecular complexity index is 833. The van der Waals surface area contributed by atoms with E-state index in [-0.39, 0.29) is 24.8 Å². The number of halogens is 1. The molecule has 0 aliphatic rings. The number of carbonyl (C=O) groups is 1. The standard InChI is InChI=1S/C19H18FN3O2/c20-16-8-4-5-9-17(16)25-14-19(24)22-12-18-21-10-11-23(18)13-15-6-2-1-3-7-15/h1-11H,12-14H2,(H,22,24). The summed E-state index contributed by atoms with van der Waals surface area (Å²) in [4.78, 5) is 16.2. The lowest BCUT2D eigenvalue weighted by atomic mass is 10.2. The highest BCUT2D eigenvalue weighted by Crippen LogP contribution is 2.14. The van der Waals surface area contributed by atoms with Crippen LogP contribution < -0.4 is 10.1 Å². The summed E-state index contributed by atoms with van der Waals surface area (Å²) in [5.41, 5.74) is 1.15. The normalized spacial score (nSPS) is 10.4. The summed E-state index contributed by atoms with van der Waals surface area (Å²) in [7, 11) is 0. The molecule has 1 heterocycles. The van der Waals surface area contributed by atoms with Crippen LogP contribution in [0.4, 0.5) is 4.39 Å². The van der Waals surface area contributed by atoms with Gasteiger partial charge in [0.05, 0.1) is 6.54 Å². The zero-order chi connectivity index (χ0) is 17.5. The third-order valence-electron chi connectivity index (χ3n) is 3.64. The number of carbonyl (C=O) groups excluding carboxylic acids is 1. The Labute approximate surface area is 145 Å². The molecule has 3 rings (SSSR count). The van der Waals surface area contributed by atoms with E-state index in [2.05, 4.69) is 10.3 Å². The second kappa shape index (κ2) is 8.10. The van der Waals surface area contributed by atoms with Gasteiger partial charge in [0.1, 0.15) is 5.82 Å². The maximum absolute atomic E-state index is 13.4. The number of hydrogen-bond acceptors (Lipinski definition) is 3. The van der Waals surface area contributed by atoms with Gasteiger partial charge in [-0.15, -0.1) is 0 Å². The maximum atomic E-state index is 13.4. The highest BCUT2D eigenvalue weighted by Gasteiger charge is 2.08. The molecule has 128 valence electrons. The van der Waals surface area contributed by atoms with Crippen molar-refractivity contribution in [2.45, 2.75) is 13.1 Å². The second-order valence-corrected chi connectivity index (χ2v) is 5.45. The van der Waals surface area contributed by atoms with E-state index in [4.69, 9.17) is 4.74 Å². The summed E-state index contributed by atoms with van der Waals surface area (Å²) in [6.07, 6.45) is 3.56. The van der Waals surface area contributed by atoms with E-state index in [1.54, 1.807) is 18.3 Å². The molecule has 25 heavy (non-hydrogen) atoms. The monoisotopic (exact) mass is 339 g/mol. The van der Waals surface area contributed by atoms with Gasteiger partial charge in [-0.1, -0.05) is 42.5 Å². The molecule has 0 spiro atoms. The molecule has 5 nitrogen and oxygen atoms in total. The summed E-state index contributed by atoms with van der Waals surface area (Å²) in [5, 5.41) is 2.73. The van der Waals surface area contributed by atoms with E-state index < -0.39 is 5.82 Å². The van der Waals surface area contributed by atoms with Gasteiger partial charge in [-0.05, 0) is 17.7 Å². The average molecular weight is 339 g/mol. The number of imidazole rings is 1. The fraction of sp³-hybridized carbons (Fsp3) is 0.158. The van der Waals surface area contributed by atoms with E-state index in [0.717, 1.165) is 11.4 Å². The molecule has 0 bridgehead atoms. The molecule has 0 atom stereocenters. The third kappa shape index (κ3) is 4.67. The van der Waals surface area contributed by atoms with Crippen LogP contribution in [0.25, 0.3) is 0 Å². The predicted molar refractivity (Wildman–Crippen MR) is 91.5 cm³/mol. The van der Waals surface area contributed by atoms with Crippen molar-refractivity contribution in [2.24, 2.45) is 0 Å². The van der Waals surface area contributed by atoms with Gasteiger partial charge in [-0.2, -0.15) is 0 Å². The Morgan fingerprint density at radius 3 is 2.68 bits per heavy atom. The molecule has 1 aromatic heterocycles. The largest absolute Gasteiger partial charge is 0.481 e. The smallest absolute Gasteiger partial charge is 0.258 e. The van der Waals surface area contributed by atoms with Crippen LogP contribution in [0.1, 0.15) is 11.4 Å². The molecule has 0 aliphatic carbocycles. The predicted octanol–water partition coefficient (Wildman–Crippen LogP) is 2.77. The zero-order valence-electron chi connectivity index (χ0n) is 13.6. The summed E-state index contributed by atoms with van der Waals surface area (Å²) in [6, 6.07) is 16.0. The lowest BCUT2D eigenvalue weighted by molar-refractivity contribution is -0.123. The minimum atomic E-state index is -0.492. The summed E-state index contributed by atoms with van der Waals surface area (Å²) >= 11 is 0. The molecule has 3 aromatic rings. The summed E-state index contributed by atoms with van der Waals surface area (Å²) < 4.78 is 20.6. The molecule has 1 N–H and O–H groups in total. The number of para-hydroxylation sites is 1. The maximum Gasteiger partial charge on any atom is 0.258 e. The first kappa shape index (κ1) is 16.7. The molecule has 0 saturated carbocycles. The van der Waals surface area contributed by atoms with Crippen LogP contribution in [-0.4, -0.2) is 22.1 Å². The Kier molecular flexibility index (Phi) is 5.41. The second-order valence-electron chi connectivity index (χ2n) is 5.45. The van der Waals surface area contributed by atoms with Gasteiger partial charge in [0.25, 0.3) is 5.91 Å². The molecule has 0 fully saturated rings. The van der Waals surface area contributed by atoms with E-state index in [9.17, 15) is 9.18 Å². The molecule has 0 unspecified atom stereocenters. The molecule has 6 heteroatoms. The van der Waals surface area contributed by atoms with Crippen LogP contribution in [0.3, 0.4) is 0 Å². The van der Waals surface area contributed by atoms with Crippen LogP contribution >= 0.6 is 0 Å². The van der Waals surface area contributed by atoms with Gasteiger partial charge in [0, 0.05) is 18.9 Å². The van der Waals surface area contributed by atoms with Crippen LogP contribution in [0, 0.1) is 5.82 Å². The molecule has 0 radical (unpaired) electrons. The summed E-state index contributed by atoms with van der Waals surface area (Å²) in [6.45, 7) is 0.706. The molecular weight excluding hydrogens is 321 g/mol. The number of nitrogens with zero attached hydrogens (tertiary/aromatic N) is 2. The van der Waals surface area contributed by atoms with Crippen molar-refractivity contribution in [1.29, 1.82) is 0 Å². The number of rotatable bonds is 7. The molecule has 0 saturated heterocycles. The van der Waals surface area contributed by atoms with Crippen molar-refractivity contribution >= 4 is 5.91 Å². The van der Waals surface area contributed by atoms with Crippen molar-refractivity contribution in [3.8, 4) is 5.75 Å². The summed E-state index contributed by atoms with van der Waals surface area (Å²) in [5.74, 6) is -0.0301. The SMILES string of the molecule is O=C(COc1ccccc1F)NCc1nccn1Cc1ccccc1. The number of benzene rings is 2. The number of aromatic nitrogens is 2. The first-order chi connectivity index (χ1) is 12.2. The van der Waals surface area contributed by atoms with Crippen molar-refractivity contribution < 1.29 is 13.9 Å². The number of nitrogens with one attached hydrogen (secondary N) is 1. The van der Waals surface area contributed by atoms with Gasteiger partial charge in [0.2, 0.25) is 0 Å². The number of amides is 1. The molecule has 1 amide bonds. The van der Waals surface area contributed by atoms with Crippen LogP contribution in [0.5, 0.6) is 5.75 Å². The first-order valence-corrected chi connectivity index (χ1v) is 7.90. The zero-order valence-corrected chi connectivity index (χ0v) is 13.6. The molecule has 0 aliphatic heterocycles. The van der Waals surface area contributed by atoms with E-state index in [0.29, 0.717) is 6.54 Å². The Morgan fingerprint density at radius 1 is 1.12 bits per heavy atom. The Hall–Kier alpha value is -3.15. The van der Waals surface area contributed by atoms with Crippen molar-refractivity contribution in [2.75, 3.05) is 6.61 Å². The van der Waals surface area contributed by atoms with Crippen molar-refractivity contribution in [3.05, 3.63) is 84.2 Å². The van der Waals surface area contributed by atoms with Crippen LogP contribution in [0.15, 0.2) is 67.0 Å². The van der Waals surface area contributed by atoms with Crippen LogP contribution in [0.2, 0.25) is 0 Å². The Balaban J connectivity index is 1.51. The van der Waals surface area contributed by atoms with Gasteiger partial charge in [0.15, 0.2) is 18.2 Å². The van der Waals surface area contributed by atoms with E-state index >= 15 is 0 Å². The lowest BCUT2D eigenvalue weighted by Crippen LogP contribution is -2.29. The lowest BCUT2D eigenvalue weighted by Gasteiger charge is -2.10. The Morgan fingerprint density at radius 2 is 1.88 bits per heavy atom. The van der Waals surface area contributed by atoms with Gasteiger partial charge < -0.3 is 14.6 Å².